The van der Waals surface area contributed by atoms with Crippen molar-refractivity contribution in [3.63, 3.8) is 0 Å². The van der Waals surface area contributed by atoms with Crippen molar-refractivity contribution in [2.24, 2.45) is 0 Å². The molecule has 0 unspecified atom stereocenters. The van der Waals surface area contributed by atoms with Crippen LogP contribution in [-0.2, 0) is 5.41 Å². The highest BCUT2D eigenvalue weighted by Crippen LogP contribution is 2.51. The Balaban J connectivity index is 1.26. The highest BCUT2D eigenvalue weighted by atomic mass is 16.3. The molecule has 8 aromatic carbocycles. The number of nitrogens with zero attached hydrogens (tertiary/aromatic N) is 4. The van der Waals surface area contributed by atoms with E-state index >= 15 is 0 Å². The van der Waals surface area contributed by atoms with Crippen LogP contribution in [0.2, 0.25) is 0 Å². The van der Waals surface area contributed by atoms with Crippen LogP contribution in [-0.4, -0.2) is 19.5 Å². The molecular weight excluding hydrogens is 721 g/mol. The Bertz CT molecular complexity index is 3880. The normalized spacial score (nSPS) is 14.9. The zero-order valence-corrected chi connectivity index (χ0v) is 31.9. The molecule has 3 aromatic heterocycles. The number of hydrogen-bond acceptors (Lipinski definition) is 4. The van der Waals surface area contributed by atoms with E-state index in [1.54, 1.807) is 4.57 Å². The van der Waals surface area contributed by atoms with Crippen molar-refractivity contribution in [2.45, 2.75) is 19.3 Å². The number of rotatable bonds is 5. The fraction of sp³-hybridized carbons (Fsp3) is 0.0556. The number of fused-ring (bicyclic) bond motifs is 9. The van der Waals surface area contributed by atoms with Crippen LogP contribution < -0.4 is 0 Å². The average molecular weight is 765 g/mol. The summed E-state index contributed by atoms with van der Waals surface area (Å²) in [5, 5.41) is 2.16. The zero-order valence-electron chi connectivity index (χ0n) is 39.9. The largest absolute Gasteiger partial charge is 0.455 e. The van der Waals surface area contributed by atoms with E-state index in [-0.39, 0.29) is 87.1 Å². The zero-order chi connectivity index (χ0) is 46.2. The summed E-state index contributed by atoms with van der Waals surface area (Å²) >= 11 is 0. The summed E-state index contributed by atoms with van der Waals surface area (Å²) in [6, 6.07) is 40.5. The Morgan fingerprint density at radius 1 is 0.492 bits per heavy atom. The molecule has 12 rings (SSSR count). The van der Waals surface area contributed by atoms with Gasteiger partial charge in [-0.1, -0.05) is 159 Å². The summed E-state index contributed by atoms with van der Waals surface area (Å²) in [5.41, 5.74) is 5.98. The van der Waals surface area contributed by atoms with Crippen molar-refractivity contribution in [2.75, 3.05) is 0 Å². The fourth-order valence-corrected chi connectivity index (χ4v) is 8.68. The third-order valence-corrected chi connectivity index (χ3v) is 11.5. The molecule has 3 heterocycles. The minimum atomic E-state index is -1.06. The lowest BCUT2D eigenvalue weighted by Gasteiger charge is -2.22. The molecule has 0 aliphatic heterocycles. The van der Waals surface area contributed by atoms with E-state index in [1.807, 2.05) is 135 Å². The molecule has 0 radical (unpaired) electrons. The lowest BCUT2D eigenvalue weighted by atomic mass is 9.82. The Labute approximate surface area is 352 Å². The molecule has 11 aromatic rings. The molecule has 0 spiro atoms. The van der Waals surface area contributed by atoms with Gasteiger partial charge in [-0.2, -0.15) is 0 Å². The van der Waals surface area contributed by atoms with E-state index in [1.165, 1.54) is 12.1 Å². The predicted molar refractivity (Wildman–Crippen MR) is 241 cm³/mol. The van der Waals surface area contributed by atoms with Crippen molar-refractivity contribution >= 4 is 43.7 Å². The number of aromatic nitrogens is 4. The lowest BCUT2D eigenvalue weighted by Crippen LogP contribution is -2.15. The van der Waals surface area contributed by atoms with Gasteiger partial charge < -0.3 is 8.98 Å². The first-order valence-electron chi connectivity index (χ1n) is 23.5. The highest BCUT2D eigenvalue weighted by molar-refractivity contribution is 6.13. The van der Waals surface area contributed by atoms with Gasteiger partial charge in [0.2, 0.25) is 0 Å². The van der Waals surface area contributed by atoms with Gasteiger partial charge in [0.1, 0.15) is 11.2 Å². The Hall–Kier alpha value is -7.63. The number of furan rings is 1. The van der Waals surface area contributed by atoms with E-state index in [9.17, 15) is 5.48 Å². The second-order valence-electron chi connectivity index (χ2n) is 15.3. The molecule has 0 bridgehead atoms. The smallest absolute Gasteiger partial charge is 0.166 e. The Kier molecular flexibility index (Phi) is 5.66. The lowest BCUT2D eigenvalue weighted by molar-refractivity contribution is 0.661. The predicted octanol–water partition coefficient (Wildman–Crippen LogP) is 13.8. The van der Waals surface area contributed by atoms with Crippen LogP contribution in [0.15, 0.2) is 186 Å². The van der Waals surface area contributed by atoms with Gasteiger partial charge in [0.15, 0.2) is 17.5 Å². The van der Waals surface area contributed by atoms with Gasteiger partial charge in [0.25, 0.3) is 0 Å². The van der Waals surface area contributed by atoms with E-state index < -0.39 is 5.41 Å². The molecule has 278 valence electrons. The summed E-state index contributed by atoms with van der Waals surface area (Å²) in [5.74, 6) is 1.12. The summed E-state index contributed by atoms with van der Waals surface area (Å²) in [6.07, 6.45) is 0. The van der Waals surface area contributed by atoms with Crippen LogP contribution in [0.3, 0.4) is 0 Å². The monoisotopic (exact) mass is 764 g/mol. The maximum absolute atomic E-state index is 10.3. The standard InChI is InChI=1S/C54H36N4O/c1-54(2)44-25-12-9-20-37(44)42-31-43-38-21-10-13-26-46(38)58(48(43)32-45(42)54)47-30-35(36-23-15-24-40-39-22-11-14-27-49(39)59-50(36)40)28-29-41(47)53-56-51(33-16-5-3-6-17-33)55-52(57-53)34-18-7-4-8-19-34/h3-32H,1-2H3/i9D,10D,20D,21D,25D,26D,31D,32D. The first-order chi connectivity index (χ1) is 32.3. The van der Waals surface area contributed by atoms with Gasteiger partial charge in [0.05, 0.1) is 27.7 Å². The quantitative estimate of drug-likeness (QED) is 0.175. The molecule has 5 nitrogen and oxygen atoms in total. The molecule has 0 saturated carbocycles. The minimum absolute atomic E-state index is 0.0320. The van der Waals surface area contributed by atoms with Crippen LogP contribution in [0.4, 0.5) is 0 Å². The third kappa shape index (κ3) is 5.08. The first kappa shape index (κ1) is 26.3. The number of benzene rings is 8. The molecule has 1 aliphatic carbocycles. The molecule has 0 N–H and O–H groups in total. The number of hydrogen-bond donors (Lipinski definition) is 0. The van der Waals surface area contributed by atoms with E-state index in [4.69, 9.17) is 24.9 Å². The van der Waals surface area contributed by atoms with Crippen LogP contribution in [0.25, 0.3) is 106 Å². The molecule has 0 amide bonds. The summed E-state index contributed by atoms with van der Waals surface area (Å²) < 4.78 is 83.4. The van der Waals surface area contributed by atoms with Gasteiger partial charge in [0, 0.05) is 49.2 Å². The average Bonchev–Trinajstić information content (AvgIpc) is 3.99. The van der Waals surface area contributed by atoms with Crippen LogP contribution >= 0.6 is 0 Å². The fourth-order valence-electron chi connectivity index (χ4n) is 8.68. The van der Waals surface area contributed by atoms with Gasteiger partial charge in [-0.3, -0.25) is 0 Å². The maximum Gasteiger partial charge on any atom is 0.166 e. The van der Waals surface area contributed by atoms with E-state index in [0.29, 0.717) is 39.6 Å². The molecular formula is C54H36N4O. The van der Waals surface area contributed by atoms with Crippen molar-refractivity contribution in [3.8, 4) is 62.1 Å². The summed E-state index contributed by atoms with van der Waals surface area (Å²) in [4.78, 5) is 15.2. The second kappa shape index (κ2) is 12.7. The SMILES string of the molecule is [2H]c1cc([2H])c2c(c1[2H])-c1c(c([2H])c3c(c1[2H])c1c([2H])c([2H])cc([2H])c1n3-c1cc(-c3cccc4c3oc3ccccc34)ccc1-c1nc(-c3ccccc3)nc(-c3ccccc3)n1)C2(C)C. The topological polar surface area (TPSA) is 56.7 Å². The summed E-state index contributed by atoms with van der Waals surface area (Å²) in [7, 11) is 0. The maximum atomic E-state index is 10.3. The van der Waals surface area contributed by atoms with Gasteiger partial charge in [-0.15, -0.1) is 0 Å². The molecule has 1 aliphatic rings. The van der Waals surface area contributed by atoms with Gasteiger partial charge >= 0.3 is 0 Å². The Morgan fingerprint density at radius 2 is 1.19 bits per heavy atom. The van der Waals surface area contributed by atoms with E-state index in [2.05, 4.69) is 0 Å². The van der Waals surface area contributed by atoms with Crippen molar-refractivity contribution in [1.82, 2.24) is 19.5 Å². The minimum Gasteiger partial charge on any atom is -0.455 e. The summed E-state index contributed by atoms with van der Waals surface area (Å²) in [6.45, 7) is 3.73. The van der Waals surface area contributed by atoms with Crippen LogP contribution in [0, 0.1) is 0 Å². The Morgan fingerprint density at radius 3 is 1.98 bits per heavy atom. The van der Waals surface area contributed by atoms with Crippen molar-refractivity contribution in [1.29, 1.82) is 0 Å². The molecule has 5 heteroatoms. The molecule has 0 saturated heterocycles. The third-order valence-electron chi connectivity index (χ3n) is 11.5. The van der Waals surface area contributed by atoms with Gasteiger partial charge in [-0.25, -0.2) is 15.0 Å². The van der Waals surface area contributed by atoms with Crippen molar-refractivity contribution < 1.29 is 15.4 Å². The van der Waals surface area contributed by atoms with Crippen LogP contribution in [0.1, 0.15) is 35.9 Å². The van der Waals surface area contributed by atoms with Crippen LogP contribution in [0.5, 0.6) is 0 Å². The molecule has 0 atom stereocenters. The highest BCUT2D eigenvalue weighted by Gasteiger charge is 2.36. The van der Waals surface area contributed by atoms with Gasteiger partial charge in [-0.05, 0) is 64.1 Å². The second-order valence-corrected chi connectivity index (χ2v) is 15.3. The number of para-hydroxylation sites is 3. The first-order valence-corrected chi connectivity index (χ1v) is 19.5. The van der Waals surface area contributed by atoms with E-state index in [0.717, 1.165) is 38.6 Å². The molecule has 0 fully saturated rings. The van der Waals surface area contributed by atoms with Crippen molar-refractivity contribution in [3.05, 3.63) is 193 Å². The molecule has 59 heavy (non-hydrogen) atoms.